The molecule has 0 radical (unpaired) electrons. The van der Waals surface area contributed by atoms with Crippen molar-refractivity contribution in [1.29, 1.82) is 0 Å². The summed E-state index contributed by atoms with van der Waals surface area (Å²) in [5, 5.41) is 9.13. The highest BCUT2D eigenvalue weighted by Gasteiger charge is 1.96. The van der Waals surface area contributed by atoms with Crippen molar-refractivity contribution in [2.45, 2.75) is 12.8 Å². The van der Waals surface area contributed by atoms with Gasteiger partial charge in [0.15, 0.2) is 0 Å². The zero-order valence-electron chi connectivity index (χ0n) is 7.29. The van der Waals surface area contributed by atoms with Gasteiger partial charge in [-0.25, -0.2) is 4.98 Å². The normalized spacial score (nSPS) is 9.54. The molecule has 1 heterocycles. The summed E-state index contributed by atoms with van der Waals surface area (Å²) in [6.45, 7) is 3.98. The zero-order valence-corrected chi connectivity index (χ0v) is 7.29. The molecule has 0 saturated carbocycles. The van der Waals surface area contributed by atoms with Gasteiger partial charge in [0.1, 0.15) is 12.2 Å². The van der Waals surface area contributed by atoms with Crippen molar-refractivity contribution in [1.82, 2.24) is 20.5 Å². The highest BCUT2D eigenvalue weighted by Crippen LogP contribution is 1.91. The van der Waals surface area contributed by atoms with Gasteiger partial charge in [-0.05, 0) is 12.5 Å². The fraction of sp³-hybridized carbons (Fsp3) is 0.375. The first-order chi connectivity index (χ1) is 6.33. The molecule has 0 bridgehead atoms. The Hall–Kier alpha value is -1.65. The van der Waals surface area contributed by atoms with Crippen LogP contribution in [0.4, 0.5) is 0 Å². The summed E-state index contributed by atoms with van der Waals surface area (Å²) >= 11 is 0. The van der Waals surface area contributed by atoms with E-state index >= 15 is 0 Å². The van der Waals surface area contributed by atoms with Crippen molar-refractivity contribution in [3.63, 3.8) is 0 Å². The molecule has 0 fully saturated rings. The van der Waals surface area contributed by atoms with Gasteiger partial charge in [0, 0.05) is 13.0 Å². The summed E-state index contributed by atoms with van der Waals surface area (Å²) in [5.74, 6) is 0.699. The Bertz CT molecular complexity index is 268. The summed E-state index contributed by atoms with van der Waals surface area (Å²) < 4.78 is 0. The second-order valence-electron chi connectivity index (χ2n) is 2.53. The minimum absolute atomic E-state index is 0.141. The summed E-state index contributed by atoms with van der Waals surface area (Å²) in [6.07, 6.45) is 4.36. The molecule has 0 aliphatic heterocycles. The number of hydrogen-bond donors (Lipinski definition) is 2. The van der Waals surface area contributed by atoms with Crippen LogP contribution in [-0.2, 0) is 11.2 Å². The topological polar surface area (TPSA) is 70.7 Å². The number of aryl methyl sites for hydroxylation is 1. The van der Waals surface area contributed by atoms with E-state index < -0.39 is 0 Å². The number of amides is 1. The third kappa shape index (κ3) is 3.50. The standard InChI is InChI=1S/C8H12N4O/c1-2-8(13)9-5-3-4-7-10-6-11-12-7/h2,6H,1,3-5H2,(H,9,13)(H,10,11,12). The van der Waals surface area contributed by atoms with Gasteiger partial charge in [0.05, 0.1) is 0 Å². The lowest BCUT2D eigenvalue weighted by Gasteiger charge is -1.99. The molecule has 0 aliphatic carbocycles. The van der Waals surface area contributed by atoms with Gasteiger partial charge >= 0.3 is 0 Å². The first-order valence-corrected chi connectivity index (χ1v) is 4.07. The molecule has 0 aliphatic rings. The largest absolute Gasteiger partial charge is 0.353 e. The van der Waals surface area contributed by atoms with E-state index in [1.54, 1.807) is 0 Å². The molecule has 5 heteroatoms. The molecule has 5 nitrogen and oxygen atoms in total. The van der Waals surface area contributed by atoms with Crippen LogP contribution in [0.2, 0.25) is 0 Å². The van der Waals surface area contributed by atoms with E-state index in [2.05, 4.69) is 27.1 Å². The van der Waals surface area contributed by atoms with Gasteiger partial charge in [-0.3, -0.25) is 9.89 Å². The van der Waals surface area contributed by atoms with Gasteiger partial charge in [-0.1, -0.05) is 6.58 Å². The predicted octanol–water partition coefficient (Wildman–Crippen LogP) is 0.0395. The second kappa shape index (κ2) is 5.08. The Kier molecular flexibility index (Phi) is 3.69. The zero-order chi connectivity index (χ0) is 9.52. The van der Waals surface area contributed by atoms with Crippen molar-refractivity contribution >= 4 is 5.91 Å². The molecular weight excluding hydrogens is 168 g/mol. The first-order valence-electron chi connectivity index (χ1n) is 4.07. The summed E-state index contributed by atoms with van der Waals surface area (Å²) in [6, 6.07) is 0. The maximum absolute atomic E-state index is 10.7. The van der Waals surface area contributed by atoms with Gasteiger partial charge in [0.25, 0.3) is 0 Å². The van der Waals surface area contributed by atoms with Crippen LogP contribution in [0.25, 0.3) is 0 Å². The Balaban J connectivity index is 2.08. The number of carbonyl (C=O) groups is 1. The lowest BCUT2D eigenvalue weighted by atomic mass is 10.3. The van der Waals surface area contributed by atoms with Gasteiger partial charge in [-0.2, -0.15) is 5.10 Å². The SMILES string of the molecule is C=CC(=O)NCCCc1ncn[nH]1. The molecule has 1 aromatic rings. The van der Waals surface area contributed by atoms with E-state index in [1.165, 1.54) is 12.4 Å². The third-order valence-corrected chi connectivity index (χ3v) is 1.54. The monoisotopic (exact) mass is 180 g/mol. The summed E-state index contributed by atoms with van der Waals surface area (Å²) in [7, 11) is 0. The Morgan fingerprint density at radius 1 is 1.77 bits per heavy atom. The van der Waals surface area contributed by atoms with Crippen molar-refractivity contribution in [3.8, 4) is 0 Å². The van der Waals surface area contributed by atoms with Crippen molar-refractivity contribution in [2.75, 3.05) is 6.54 Å². The lowest BCUT2D eigenvalue weighted by Crippen LogP contribution is -2.22. The highest BCUT2D eigenvalue weighted by molar-refractivity contribution is 5.86. The molecular formula is C8H12N4O. The van der Waals surface area contributed by atoms with Crippen LogP contribution < -0.4 is 5.32 Å². The molecule has 0 spiro atoms. The number of carbonyl (C=O) groups excluding carboxylic acids is 1. The maximum Gasteiger partial charge on any atom is 0.243 e. The van der Waals surface area contributed by atoms with Crippen molar-refractivity contribution in [3.05, 3.63) is 24.8 Å². The Labute approximate surface area is 76.3 Å². The lowest BCUT2D eigenvalue weighted by molar-refractivity contribution is -0.116. The quantitative estimate of drug-likeness (QED) is 0.496. The molecule has 2 N–H and O–H groups in total. The minimum atomic E-state index is -0.141. The molecule has 0 unspecified atom stereocenters. The van der Waals surface area contributed by atoms with Crippen LogP contribution >= 0.6 is 0 Å². The fourth-order valence-electron chi connectivity index (χ4n) is 0.891. The highest BCUT2D eigenvalue weighted by atomic mass is 16.1. The first kappa shape index (κ1) is 9.44. The van der Waals surface area contributed by atoms with Crippen LogP contribution in [0.15, 0.2) is 19.0 Å². The smallest absolute Gasteiger partial charge is 0.243 e. The molecule has 13 heavy (non-hydrogen) atoms. The molecule has 0 saturated heterocycles. The number of nitrogens with one attached hydrogen (secondary N) is 2. The van der Waals surface area contributed by atoms with Crippen LogP contribution in [-0.4, -0.2) is 27.6 Å². The molecule has 1 amide bonds. The predicted molar refractivity (Wildman–Crippen MR) is 47.9 cm³/mol. The van der Waals surface area contributed by atoms with Crippen LogP contribution in [0.5, 0.6) is 0 Å². The molecule has 1 rings (SSSR count). The summed E-state index contributed by atoms with van der Waals surface area (Å²) in [4.78, 5) is 14.7. The molecule has 0 aromatic carbocycles. The molecule has 0 atom stereocenters. The Morgan fingerprint density at radius 2 is 2.62 bits per heavy atom. The number of nitrogens with zero attached hydrogens (tertiary/aromatic N) is 2. The van der Waals surface area contributed by atoms with Gasteiger partial charge in [-0.15, -0.1) is 0 Å². The summed E-state index contributed by atoms with van der Waals surface area (Å²) in [5.41, 5.74) is 0. The number of H-pyrrole nitrogens is 1. The number of aromatic nitrogens is 3. The molecule has 1 aromatic heterocycles. The van der Waals surface area contributed by atoms with Gasteiger partial charge < -0.3 is 5.32 Å². The average molecular weight is 180 g/mol. The van der Waals surface area contributed by atoms with Crippen LogP contribution in [0.1, 0.15) is 12.2 Å². The van der Waals surface area contributed by atoms with E-state index in [-0.39, 0.29) is 5.91 Å². The van der Waals surface area contributed by atoms with E-state index in [4.69, 9.17) is 0 Å². The minimum Gasteiger partial charge on any atom is -0.353 e. The van der Waals surface area contributed by atoms with E-state index in [9.17, 15) is 4.79 Å². The third-order valence-electron chi connectivity index (χ3n) is 1.54. The second-order valence-corrected chi connectivity index (χ2v) is 2.53. The Morgan fingerprint density at radius 3 is 3.23 bits per heavy atom. The average Bonchev–Trinajstić information content (AvgIpc) is 2.64. The van der Waals surface area contributed by atoms with Crippen LogP contribution in [0, 0.1) is 0 Å². The van der Waals surface area contributed by atoms with Crippen molar-refractivity contribution < 1.29 is 4.79 Å². The number of rotatable bonds is 5. The van der Waals surface area contributed by atoms with E-state index in [1.807, 2.05) is 0 Å². The van der Waals surface area contributed by atoms with Gasteiger partial charge in [0.2, 0.25) is 5.91 Å². The van der Waals surface area contributed by atoms with E-state index in [0.717, 1.165) is 18.7 Å². The van der Waals surface area contributed by atoms with Crippen LogP contribution in [0.3, 0.4) is 0 Å². The maximum atomic E-state index is 10.7. The fourth-order valence-corrected chi connectivity index (χ4v) is 0.891. The number of hydrogen-bond acceptors (Lipinski definition) is 3. The number of aromatic amines is 1. The van der Waals surface area contributed by atoms with E-state index in [0.29, 0.717) is 6.54 Å². The van der Waals surface area contributed by atoms with Crippen molar-refractivity contribution in [2.24, 2.45) is 0 Å². The molecule has 70 valence electrons.